The quantitative estimate of drug-likeness (QED) is 0.615. The first-order valence-electron chi connectivity index (χ1n) is 9.93. The van der Waals surface area contributed by atoms with E-state index in [4.69, 9.17) is 4.42 Å². The maximum absolute atomic E-state index is 12.6. The standard InChI is InChI=1S/C22H24N4O3S/c1-16-18(14-17-6-3-2-4-7-17)24-22(23-16)30-15-20(27)25-9-11-26(12-10-25)21(28)19-8-5-13-29-19/h2-8,13H,9-12,14-15H2,1H3,(H,23,24). The molecule has 7 nitrogen and oxygen atoms in total. The van der Waals surface area contributed by atoms with Crippen molar-refractivity contribution in [3.8, 4) is 0 Å². The normalized spacial score (nSPS) is 14.2. The topological polar surface area (TPSA) is 82.4 Å². The fourth-order valence-electron chi connectivity index (χ4n) is 3.43. The number of H-pyrrole nitrogens is 1. The number of carbonyl (C=O) groups is 2. The summed E-state index contributed by atoms with van der Waals surface area (Å²) < 4.78 is 5.17. The number of aromatic nitrogens is 2. The second kappa shape index (κ2) is 9.21. The predicted octanol–water partition coefficient (Wildman–Crippen LogP) is 2.98. The molecule has 1 aromatic carbocycles. The van der Waals surface area contributed by atoms with Gasteiger partial charge in [0.25, 0.3) is 5.91 Å². The van der Waals surface area contributed by atoms with E-state index >= 15 is 0 Å². The Kier molecular flexibility index (Phi) is 6.23. The summed E-state index contributed by atoms with van der Waals surface area (Å²) in [7, 11) is 0. The van der Waals surface area contributed by atoms with Gasteiger partial charge in [0.15, 0.2) is 10.9 Å². The molecule has 1 aliphatic heterocycles. The zero-order valence-corrected chi connectivity index (χ0v) is 17.7. The molecular weight excluding hydrogens is 400 g/mol. The molecule has 1 fully saturated rings. The van der Waals surface area contributed by atoms with Gasteiger partial charge in [-0.25, -0.2) is 4.98 Å². The highest BCUT2D eigenvalue weighted by Crippen LogP contribution is 2.20. The maximum atomic E-state index is 12.6. The maximum Gasteiger partial charge on any atom is 0.289 e. The molecule has 3 aromatic rings. The Morgan fingerprint density at radius 3 is 2.50 bits per heavy atom. The van der Waals surface area contributed by atoms with Gasteiger partial charge in [0, 0.05) is 38.3 Å². The number of rotatable bonds is 6. The lowest BCUT2D eigenvalue weighted by Crippen LogP contribution is -2.51. The summed E-state index contributed by atoms with van der Waals surface area (Å²) in [5.74, 6) is 0.594. The summed E-state index contributed by atoms with van der Waals surface area (Å²) in [6.45, 7) is 4.09. The van der Waals surface area contributed by atoms with E-state index in [2.05, 4.69) is 22.1 Å². The number of nitrogens with zero attached hydrogens (tertiary/aromatic N) is 3. The molecule has 0 aliphatic carbocycles. The first kappa shape index (κ1) is 20.3. The summed E-state index contributed by atoms with van der Waals surface area (Å²) in [5, 5.41) is 0.762. The van der Waals surface area contributed by atoms with Crippen molar-refractivity contribution in [3.63, 3.8) is 0 Å². The van der Waals surface area contributed by atoms with Crippen molar-refractivity contribution >= 4 is 23.6 Å². The van der Waals surface area contributed by atoms with Crippen LogP contribution in [0.4, 0.5) is 0 Å². The summed E-state index contributed by atoms with van der Waals surface area (Å²) in [4.78, 5) is 36.4. The molecule has 1 N–H and O–H groups in total. The number of aromatic amines is 1. The van der Waals surface area contributed by atoms with Crippen molar-refractivity contribution in [1.29, 1.82) is 0 Å². The molecule has 4 rings (SSSR count). The van der Waals surface area contributed by atoms with Crippen LogP contribution >= 0.6 is 11.8 Å². The van der Waals surface area contributed by atoms with E-state index in [1.165, 1.54) is 23.6 Å². The van der Waals surface area contributed by atoms with Crippen molar-refractivity contribution in [2.75, 3.05) is 31.9 Å². The molecule has 2 aromatic heterocycles. The van der Waals surface area contributed by atoms with Crippen LogP contribution in [-0.4, -0.2) is 63.5 Å². The van der Waals surface area contributed by atoms with Gasteiger partial charge < -0.3 is 19.2 Å². The van der Waals surface area contributed by atoms with Gasteiger partial charge in [-0.2, -0.15) is 0 Å². The summed E-state index contributed by atoms with van der Waals surface area (Å²) in [6.07, 6.45) is 2.26. The zero-order chi connectivity index (χ0) is 20.9. The molecule has 0 atom stereocenters. The number of benzene rings is 1. The molecule has 2 amide bonds. The lowest BCUT2D eigenvalue weighted by molar-refractivity contribution is -0.129. The van der Waals surface area contributed by atoms with Crippen molar-refractivity contribution in [3.05, 3.63) is 71.4 Å². The number of nitrogens with one attached hydrogen (secondary N) is 1. The predicted molar refractivity (Wildman–Crippen MR) is 114 cm³/mol. The minimum atomic E-state index is -0.126. The summed E-state index contributed by atoms with van der Waals surface area (Å²) >= 11 is 1.42. The van der Waals surface area contributed by atoms with E-state index in [1.807, 2.05) is 25.1 Å². The molecule has 0 unspecified atom stereocenters. The second-order valence-corrected chi connectivity index (χ2v) is 8.18. The third-order valence-electron chi connectivity index (χ3n) is 5.16. The fraction of sp³-hybridized carbons (Fsp3) is 0.318. The van der Waals surface area contributed by atoms with Crippen LogP contribution < -0.4 is 0 Å². The number of thioether (sulfide) groups is 1. The van der Waals surface area contributed by atoms with E-state index in [9.17, 15) is 9.59 Å². The van der Waals surface area contributed by atoms with Crippen LogP contribution in [0.1, 0.15) is 27.5 Å². The zero-order valence-electron chi connectivity index (χ0n) is 16.8. The number of furan rings is 1. The summed E-state index contributed by atoms with van der Waals surface area (Å²) in [5.41, 5.74) is 3.24. The molecule has 3 heterocycles. The van der Waals surface area contributed by atoms with Gasteiger partial charge in [-0.3, -0.25) is 9.59 Å². The van der Waals surface area contributed by atoms with Crippen molar-refractivity contribution in [2.45, 2.75) is 18.5 Å². The van der Waals surface area contributed by atoms with Crippen molar-refractivity contribution in [1.82, 2.24) is 19.8 Å². The molecule has 156 valence electrons. The molecule has 30 heavy (non-hydrogen) atoms. The Bertz CT molecular complexity index is 993. The van der Waals surface area contributed by atoms with Gasteiger partial charge in [-0.15, -0.1) is 0 Å². The molecule has 0 spiro atoms. The van der Waals surface area contributed by atoms with E-state index in [1.54, 1.807) is 21.9 Å². The molecule has 1 aliphatic rings. The lowest BCUT2D eigenvalue weighted by atomic mass is 10.1. The Morgan fingerprint density at radius 1 is 1.07 bits per heavy atom. The van der Waals surface area contributed by atoms with Gasteiger partial charge in [-0.1, -0.05) is 42.1 Å². The smallest absolute Gasteiger partial charge is 0.289 e. The molecule has 0 bridgehead atoms. The number of carbonyl (C=O) groups excluding carboxylic acids is 2. The van der Waals surface area contributed by atoms with Crippen LogP contribution in [0, 0.1) is 6.92 Å². The third-order valence-corrected chi connectivity index (χ3v) is 6.02. The van der Waals surface area contributed by atoms with Gasteiger partial charge >= 0.3 is 0 Å². The molecule has 8 heteroatoms. The Morgan fingerprint density at radius 2 is 1.80 bits per heavy atom. The van der Waals surface area contributed by atoms with E-state index in [-0.39, 0.29) is 11.8 Å². The van der Waals surface area contributed by atoms with E-state index in [0.717, 1.165) is 23.0 Å². The average molecular weight is 425 g/mol. The van der Waals surface area contributed by atoms with Crippen LogP contribution in [0.15, 0.2) is 58.3 Å². The third kappa shape index (κ3) is 4.76. The molecular formula is C22H24N4O3S. The van der Waals surface area contributed by atoms with Gasteiger partial charge in [0.1, 0.15) is 0 Å². The molecule has 1 saturated heterocycles. The second-order valence-electron chi connectivity index (χ2n) is 7.21. The first-order chi connectivity index (χ1) is 14.6. The Labute approximate surface area is 179 Å². The fourth-order valence-corrected chi connectivity index (χ4v) is 4.28. The van der Waals surface area contributed by atoms with Crippen molar-refractivity contribution < 1.29 is 14.0 Å². The van der Waals surface area contributed by atoms with Crippen LogP contribution in [0.5, 0.6) is 0 Å². The summed E-state index contributed by atoms with van der Waals surface area (Å²) in [6, 6.07) is 13.6. The number of piperazine rings is 1. The van der Waals surface area contributed by atoms with E-state index in [0.29, 0.717) is 37.7 Å². The minimum Gasteiger partial charge on any atom is -0.459 e. The average Bonchev–Trinajstić information content (AvgIpc) is 3.43. The highest BCUT2D eigenvalue weighted by Gasteiger charge is 2.26. The Balaban J connectivity index is 1.26. The van der Waals surface area contributed by atoms with Crippen LogP contribution in [0.25, 0.3) is 0 Å². The Hall–Kier alpha value is -3.00. The lowest BCUT2D eigenvalue weighted by Gasteiger charge is -2.34. The number of hydrogen-bond donors (Lipinski definition) is 1. The highest BCUT2D eigenvalue weighted by atomic mass is 32.2. The van der Waals surface area contributed by atoms with E-state index < -0.39 is 0 Å². The minimum absolute atomic E-state index is 0.0590. The van der Waals surface area contributed by atoms with Crippen LogP contribution in [0.2, 0.25) is 0 Å². The van der Waals surface area contributed by atoms with Gasteiger partial charge in [0.05, 0.1) is 17.7 Å². The first-order valence-corrected chi connectivity index (χ1v) is 10.9. The van der Waals surface area contributed by atoms with Crippen molar-refractivity contribution in [2.24, 2.45) is 0 Å². The molecule has 0 radical (unpaired) electrons. The number of amides is 2. The number of aryl methyl sites for hydroxylation is 1. The monoisotopic (exact) mass is 424 g/mol. The largest absolute Gasteiger partial charge is 0.459 e. The number of hydrogen-bond acceptors (Lipinski definition) is 5. The van der Waals surface area contributed by atoms with Crippen LogP contribution in [-0.2, 0) is 11.2 Å². The molecule has 0 saturated carbocycles. The van der Waals surface area contributed by atoms with Gasteiger partial charge in [-0.05, 0) is 24.6 Å². The number of imidazole rings is 1. The highest BCUT2D eigenvalue weighted by molar-refractivity contribution is 7.99. The SMILES string of the molecule is Cc1[nH]c(SCC(=O)N2CCN(C(=O)c3ccco3)CC2)nc1Cc1ccccc1. The van der Waals surface area contributed by atoms with Gasteiger partial charge in [0.2, 0.25) is 5.91 Å². The van der Waals surface area contributed by atoms with Crippen LogP contribution in [0.3, 0.4) is 0 Å².